The molecule has 3 atom stereocenters. The molecule has 0 radical (unpaired) electrons. The van der Waals surface area contributed by atoms with Crippen LogP contribution in [0.2, 0.25) is 0 Å². The molecule has 23 heavy (non-hydrogen) atoms. The van der Waals surface area contributed by atoms with Crippen molar-refractivity contribution in [1.82, 2.24) is 5.32 Å². The van der Waals surface area contributed by atoms with Crippen LogP contribution >= 0.6 is 0 Å². The minimum atomic E-state index is -0.732. The number of nitrogens with one attached hydrogen (secondary N) is 1. The van der Waals surface area contributed by atoms with E-state index in [0.717, 1.165) is 12.8 Å². The molecule has 1 aliphatic rings. The Balaban J connectivity index is 2.35. The van der Waals surface area contributed by atoms with Crippen molar-refractivity contribution >= 4 is 5.91 Å². The molecule has 1 aliphatic carbocycles. The molecule has 5 N–H and O–H groups in total. The topological polar surface area (TPSA) is 95.6 Å². The highest BCUT2D eigenvalue weighted by molar-refractivity contribution is 5.78. The Morgan fingerprint density at radius 2 is 1.91 bits per heavy atom. The summed E-state index contributed by atoms with van der Waals surface area (Å²) in [6.45, 7) is 4.56. The van der Waals surface area contributed by atoms with Crippen molar-refractivity contribution < 1.29 is 15.0 Å². The van der Waals surface area contributed by atoms with Gasteiger partial charge in [0.1, 0.15) is 0 Å². The summed E-state index contributed by atoms with van der Waals surface area (Å²) in [5, 5.41) is 22.6. The number of hydrogen-bond donors (Lipinski definition) is 4. The fourth-order valence-corrected chi connectivity index (χ4v) is 3.32. The highest BCUT2D eigenvalue weighted by Crippen LogP contribution is 2.28. The third-order valence-corrected chi connectivity index (χ3v) is 4.96. The van der Waals surface area contributed by atoms with Crippen LogP contribution in [0.5, 0.6) is 0 Å². The molecule has 1 rings (SSSR count). The monoisotopic (exact) mass is 328 g/mol. The average Bonchev–Trinajstić information content (AvgIpc) is 2.52. The maximum absolute atomic E-state index is 12.1. The second kappa shape index (κ2) is 11.0. The Bertz CT molecular complexity index is 330. The fourth-order valence-electron chi connectivity index (χ4n) is 3.32. The molecule has 1 fully saturated rings. The zero-order chi connectivity index (χ0) is 17.2. The molecule has 5 heteroatoms. The molecule has 1 unspecified atom stereocenters. The van der Waals surface area contributed by atoms with E-state index in [4.69, 9.17) is 5.73 Å². The lowest BCUT2D eigenvalue weighted by Crippen LogP contribution is -2.42. The van der Waals surface area contributed by atoms with Gasteiger partial charge < -0.3 is 21.3 Å². The number of amides is 1. The molecular weight excluding hydrogens is 292 g/mol. The van der Waals surface area contributed by atoms with Gasteiger partial charge in [-0.1, -0.05) is 46.0 Å². The van der Waals surface area contributed by atoms with Crippen LogP contribution in [0.3, 0.4) is 0 Å². The number of nitrogens with two attached hydrogens (primary N) is 1. The van der Waals surface area contributed by atoms with Crippen molar-refractivity contribution in [1.29, 1.82) is 0 Å². The van der Waals surface area contributed by atoms with Gasteiger partial charge in [-0.2, -0.15) is 0 Å². The van der Waals surface area contributed by atoms with Crippen LogP contribution in [0, 0.1) is 17.8 Å². The number of rotatable bonds is 10. The van der Waals surface area contributed by atoms with E-state index in [-0.39, 0.29) is 25.0 Å². The van der Waals surface area contributed by atoms with Gasteiger partial charge >= 0.3 is 0 Å². The average molecular weight is 328 g/mol. The molecule has 0 aliphatic heterocycles. The minimum Gasteiger partial charge on any atom is -0.396 e. The van der Waals surface area contributed by atoms with Crippen molar-refractivity contribution in [3.63, 3.8) is 0 Å². The second-order valence-electron chi connectivity index (χ2n) is 7.56. The first-order chi connectivity index (χ1) is 10.9. The normalized spacial score (nSPS) is 20.3. The predicted molar refractivity (Wildman–Crippen MR) is 92.8 cm³/mol. The smallest absolute Gasteiger partial charge is 0.225 e. The van der Waals surface area contributed by atoms with Crippen molar-refractivity contribution in [3.05, 3.63) is 0 Å². The van der Waals surface area contributed by atoms with Crippen molar-refractivity contribution in [2.75, 3.05) is 13.2 Å². The molecule has 0 aromatic heterocycles. The summed E-state index contributed by atoms with van der Waals surface area (Å²) < 4.78 is 0. The fraction of sp³-hybridized carbons (Fsp3) is 0.944. The van der Waals surface area contributed by atoms with Crippen molar-refractivity contribution in [2.24, 2.45) is 23.5 Å². The zero-order valence-corrected chi connectivity index (χ0v) is 14.8. The Hall–Kier alpha value is -0.650. The Morgan fingerprint density at radius 3 is 2.48 bits per heavy atom. The summed E-state index contributed by atoms with van der Waals surface area (Å²) in [5.41, 5.74) is 6.13. The molecule has 0 aromatic carbocycles. The van der Waals surface area contributed by atoms with E-state index in [0.29, 0.717) is 18.4 Å². The summed E-state index contributed by atoms with van der Waals surface area (Å²) in [7, 11) is 0. The SMILES string of the molecule is CC(C)CCNC(=O)C(CO)C[C@H](O)[C@@H](N)CC1CCCCC1. The van der Waals surface area contributed by atoms with Gasteiger partial charge in [0.05, 0.1) is 18.6 Å². The lowest BCUT2D eigenvalue weighted by atomic mass is 9.83. The molecule has 1 saturated carbocycles. The van der Waals surface area contributed by atoms with Crippen LogP contribution in [-0.2, 0) is 4.79 Å². The summed E-state index contributed by atoms with van der Waals surface area (Å²) in [6.07, 6.45) is 7.43. The maximum atomic E-state index is 12.1. The van der Waals surface area contributed by atoms with Crippen LogP contribution < -0.4 is 11.1 Å². The largest absolute Gasteiger partial charge is 0.396 e. The summed E-state index contributed by atoms with van der Waals surface area (Å²) in [4.78, 5) is 12.1. The first-order valence-corrected chi connectivity index (χ1v) is 9.26. The first-order valence-electron chi connectivity index (χ1n) is 9.26. The van der Waals surface area contributed by atoms with Crippen LogP contribution in [0.1, 0.15) is 65.2 Å². The van der Waals surface area contributed by atoms with Gasteiger partial charge in [0.2, 0.25) is 5.91 Å². The van der Waals surface area contributed by atoms with Gasteiger partial charge in [-0.05, 0) is 31.1 Å². The van der Waals surface area contributed by atoms with E-state index in [9.17, 15) is 15.0 Å². The molecule has 0 aromatic rings. The highest BCUT2D eigenvalue weighted by atomic mass is 16.3. The van der Waals surface area contributed by atoms with E-state index in [1.54, 1.807) is 0 Å². The van der Waals surface area contributed by atoms with Crippen LogP contribution in [0.25, 0.3) is 0 Å². The molecule has 1 amide bonds. The van der Waals surface area contributed by atoms with Crippen LogP contribution in [0.15, 0.2) is 0 Å². The van der Waals surface area contributed by atoms with E-state index in [2.05, 4.69) is 19.2 Å². The van der Waals surface area contributed by atoms with Gasteiger partial charge in [0.25, 0.3) is 0 Å². The van der Waals surface area contributed by atoms with Crippen molar-refractivity contribution in [2.45, 2.75) is 77.4 Å². The van der Waals surface area contributed by atoms with Gasteiger partial charge in [-0.25, -0.2) is 0 Å². The Labute approximate surface area is 141 Å². The number of aliphatic hydroxyl groups is 2. The summed E-state index contributed by atoms with van der Waals surface area (Å²) in [5.74, 6) is 0.366. The molecule has 5 nitrogen and oxygen atoms in total. The first kappa shape index (κ1) is 20.4. The molecule has 0 heterocycles. The van der Waals surface area contributed by atoms with E-state index < -0.39 is 12.0 Å². The van der Waals surface area contributed by atoms with E-state index in [1.807, 2.05) is 0 Å². The molecule has 136 valence electrons. The highest BCUT2D eigenvalue weighted by Gasteiger charge is 2.27. The number of carbonyl (C=O) groups is 1. The lowest BCUT2D eigenvalue weighted by Gasteiger charge is -2.28. The molecule has 0 saturated heterocycles. The standard InChI is InChI=1S/C18H36N2O3/c1-13(2)8-9-20-18(23)15(12-21)11-17(22)16(19)10-14-6-4-3-5-7-14/h13-17,21-22H,3-12,19H2,1-2H3,(H,20,23)/t15?,16-,17-/m0/s1. The van der Waals surface area contributed by atoms with Gasteiger partial charge in [-0.3, -0.25) is 4.79 Å². The van der Waals surface area contributed by atoms with Gasteiger partial charge in [0, 0.05) is 12.6 Å². The predicted octanol–water partition coefficient (Wildman–Crippen LogP) is 1.81. The molecule has 0 bridgehead atoms. The van der Waals surface area contributed by atoms with E-state index in [1.165, 1.54) is 32.1 Å². The summed E-state index contributed by atoms with van der Waals surface area (Å²) >= 11 is 0. The van der Waals surface area contributed by atoms with Crippen LogP contribution in [0.4, 0.5) is 0 Å². The van der Waals surface area contributed by atoms with E-state index >= 15 is 0 Å². The third-order valence-electron chi connectivity index (χ3n) is 4.96. The summed E-state index contributed by atoms with van der Waals surface area (Å²) in [6, 6.07) is -0.310. The number of hydrogen-bond acceptors (Lipinski definition) is 4. The van der Waals surface area contributed by atoms with Crippen LogP contribution in [-0.4, -0.2) is 41.4 Å². The Kier molecular flexibility index (Phi) is 9.75. The maximum Gasteiger partial charge on any atom is 0.225 e. The second-order valence-corrected chi connectivity index (χ2v) is 7.56. The molecular formula is C18H36N2O3. The molecule has 0 spiro atoms. The quantitative estimate of drug-likeness (QED) is 0.492. The van der Waals surface area contributed by atoms with Gasteiger partial charge in [0.15, 0.2) is 0 Å². The number of aliphatic hydroxyl groups excluding tert-OH is 2. The van der Waals surface area contributed by atoms with Crippen molar-refractivity contribution in [3.8, 4) is 0 Å². The van der Waals surface area contributed by atoms with Gasteiger partial charge in [-0.15, -0.1) is 0 Å². The number of carbonyl (C=O) groups excluding carboxylic acids is 1. The zero-order valence-electron chi connectivity index (χ0n) is 14.8. The minimum absolute atomic E-state index is 0.183. The Morgan fingerprint density at radius 1 is 1.26 bits per heavy atom. The lowest BCUT2D eigenvalue weighted by molar-refractivity contribution is -0.127. The third kappa shape index (κ3) is 8.13.